The standard InChI is InChI=1S/C13H17F2NO3/c1-13(14,15)7-11(9-17)16(12(18)19)8-10-5-3-2-4-6-10/h2-6,11,17H,7-9H2,1H3,(H,18,19)/t11-/m0/s1. The molecule has 1 atom stereocenters. The van der Waals surface area contributed by atoms with E-state index in [1.165, 1.54) is 0 Å². The number of carbonyl (C=O) groups is 1. The van der Waals surface area contributed by atoms with E-state index in [1.807, 2.05) is 0 Å². The summed E-state index contributed by atoms with van der Waals surface area (Å²) in [5.74, 6) is -3.03. The zero-order chi connectivity index (χ0) is 14.5. The first kappa shape index (κ1) is 15.4. The molecule has 0 unspecified atom stereocenters. The van der Waals surface area contributed by atoms with Crippen LogP contribution in [-0.2, 0) is 6.54 Å². The summed E-state index contributed by atoms with van der Waals surface area (Å²) >= 11 is 0. The van der Waals surface area contributed by atoms with Crippen LogP contribution in [0.1, 0.15) is 18.9 Å². The number of aliphatic hydroxyl groups is 1. The molecule has 0 aliphatic rings. The summed E-state index contributed by atoms with van der Waals surface area (Å²) in [5.41, 5.74) is 0.683. The van der Waals surface area contributed by atoms with E-state index < -0.39 is 31.1 Å². The van der Waals surface area contributed by atoms with E-state index in [4.69, 9.17) is 10.2 Å². The molecule has 6 heteroatoms. The SMILES string of the molecule is CC(F)(F)C[C@@H](CO)N(Cc1ccccc1)C(=O)O. The van der Waals surface area contributed by atoms with Gasteiger partial charge < -0.3 is 10.2 Å². The lowest BCUT2D eigenvalue weighted by molar-refractivity contribution is -0.0245. The molecule has 0 aromatic heterocycles. The molecule has 0 fully saturated rings. The van der Waals surface area contributed by atoms with Gasteiger partial charge in [-0.05, 0) is 12.5 Å². The van der Waals surface area contributed by atoms with E-state index in [0.29, 0.717) is 12.5 Å². The first-order valence-electron chi connectivity index (χ1n) is 5.85. The van der Waals surface area contributed by atoms with Crippen LogP contribution in [0.5, 0.6) is 0 Å². The highest BCUT2D eigenvalue weighted by molar-refractivity contribution is 5.65. The van der Waals surface area contributed by atoms with Crippen molar-refractivity contribution < 1.29 is 23.8 Å². The average Bonchev–Trinajstić information content (AvgIpc) is 2.33. The second-order valence-corrected chi connectivity index (χ2v) is 4.51. The van der Waals surface area contributed by atoms with Gasteiger partial charge in [0.25, 0.3) is 0 Å². The number of hydrogen-bond donors (Lipinski definition) is 2. The minimum absolute atomic E-state index is 0.0303. The third-order valence-electron chi connectivity index (χ3n) is 2.69. The van der Waals surface area contributed by atoms with Crippen LogP contribution in [0.3, 0.4) is 0 Å². The van der Waals surface area contributed by atoms with E-state index in [0.717, 1.165) is 4.90 Å². The number of halogens is 2. The van der Waals surface area contributed by atoms with Crippen LogP contribution in [0, 0.1) is 0 Å². The van der Waals surface area contributed by atoms with Crippen molar-refractivity contribution in [2.45, 2.75) is 31.9 Å². The summed E-state index contributed by atoms with van der Waals surface area (Å²) in [6, 6.07) is 7.52. The Morgan fingerprint density at radius 2 is 1.95 bits per heavy atom. The van der Waals surface area contributed by atoms with Crippen molar-refractivity contribution in [2.75, 3.05) is 6.61 Å². The minimum atomic E-state index is -3.03. The summed E-state index contributed by atoms with van der Waals surface area (Å²) in [6.45, 7) is 0.0399. The lowest BCUT2D eigenvalue weighted by atomic mass is 10.1. The third kappa shape index (κ3) is 5.21. The Kier molecular flexibility index (Phi) is 5.23. The first-order valence-corrected chi connectivity index (χ1v) is 5.85. The monoisotopic (exact) mass is 273 g/mol. The smallest absolute Gasteiger partial charge is 0.407 e. The van der Waals surface area contributed by atoms with E-state index in [1.54, 1.807) is 30.3 Å². The van der Waals surface area contributed by atoms with Crippen LogP contribution in [0.2, 0.25) is 0 Å². The Hall–Kier alpha value is -1.69. The maximum atomic E-state index is 13.0. The minimum Gasteiger partial charge on any atom is -0.465 e. The Labute approximate surface area is 110 Å². The molecule has 2 N–H and O–H groups in total. The van der Waals surface area contributed by atoms with E-state index in [9.17, 15) is 13.6 Å². The number of hydrogen-bond acceptors (Lipinski definition) is 2. The summed E-state index contributed by atoms with van der Waals surface area (Å²) < 4.78 is 26.0. The van der Waals surface area contributed by atoms with Crippen molar-refractivity contribution in [1.82, 2.24) is 4.90 Å². The fourth-order valence-corrected chi connectivity index (χ4v) is 1.82. The molecule has 0 heterocycles. The fraction of sp³-hybridized carbons (Fsp3) is 0.462. The molecule has 106 valence electrons. The maximum absolute atomic E-state index is 13.0. The zero-order valence-electron chi connectivity index (χ0n) is 10.6. The second-order valence-electron chi connectivity index (χ2n) is 4.51. The molecule has 0 radical (unpaired) electrons. The van der Waals surface area contributed by atoms with Crippen molar-refractivity contribution >= 4 is 6.09 Å². The highest BCUT2D eigenvalue weighted by atomic mass is 19.3. The molecule has 0 saturated heterocycles. The zero-order valence-corrected chi connectivity index (χ0v) is 10.6. The van der Waals surface area contributed by atoms with Gasteiger partial charge in [0.05, 0.1) is 12.6 Å². The normalized spacial score (nSPS) is 13.1. The molecule has 0 aliphatic carbocycles. The molecular weight excluding hydrogens is 256 g/mol. The summed E-state index contributed by atoms with van der Waals surface area (Å²) in [6.07, 6.45) is -2.03. The summed E-state index contributed by atoms with van der Waals surface area (Å²) in [4.78, 5) is 12.0. The predicted octanol–water partition coefficient (Wildman–Crippen LogP) is 2.57. The number of nitrogens with zero attached hydrogens (tertiary/aromatic N) is 1. The van der Waals surface area contributed by atoms with Crippen molar-refractivity contribution in [3.8, 4) is 0 Å². The lowest BCUT2D eigenvalue weighted by Gasteiger charge is -2.29. The maximum Gasteiger partial charge on any atom is 0.407 e. The largest absolute Gasteiger partial charge is 0.465 e. The Morgan fingerprint density at radius 1 is 1.37 bits per heavy atom. The Morgan fingerprint density at radius 3 is 2.37 bits per heavy atom. The average molecular weight is 273 g/mol. The molecule has 0 spiro atoms. The van der Waals surface area contributed by atoms with Crippen molar-refractivity contribution in [1.29, 1.82) is 0 Å². The fourth-order valence-electron chi connectivity index (χ4n) is 1.82. The van der Waals surface area contributed by atoms with Crippen molar-refractivity contribution in [3.63, 3.8) is 0 Å². The van der Waals surface area contributed by atoms with E-state index >= 15 is 0 Å². The molecule has 19 heavy (non-hydrogen) atoms. The molecule has 0 saturated carbocycles. The van der Waals surface area contributed by atoms with Crippen LogP contribution < -0.4 is 0 Å². The van der Waals surface area contributed by atoms with Crippen molar-refractivity contribution in [3.05, 3.63) is 35.9 Å². The molecule has 1 aromatic carbocycles. The number of benzene rings is 1. The van der Waals surface area contributed by atoms with Crippen molar-refractivity contribution in [2.24, 2.45) is 0 Å². The van der Waals surface area contributed by atoms with Gasteiger partial charge in [-0.25, -0.2) is 13.6 Å². The number of carboxylic acid groups (broad SMARTS) is 1. The molecule has 1 amide bonds. The van der Waals surface area contributed by atoms with Crippen LogP contribution >= 0.6 is 0 Å². The topological polar surface area (TPSA) is 60.8 Å². The van der Waals surface area contributed by atoms with Gasteiger partial charge in [-0.3, -0.25) is 4.90 Å². The van der Waals surface area contributed by atoms with Gasteiger partial charge in [0, 0.05) is 13.0 Å². The van der Waals surface area contributed by atoms with E-state index in [-0.39, 0.29) is 6.54 Å². The summed E-state index contributed by atoms with van der Waals surface area (Å²) in [7, 11) is 0. The van der Waals surface area contributed by atoms with Crippen LogP contribution in [0.4, 0.5) is 13.6 Å². The highest BCUT2D eigenvalue weighted by Gasteiger charge is 2.32. The molecule has 1 aromatic rings. The van der Waals surface area contributed by atoms with Crippen LogP contribution in [0.15, 0.2) is 30.3 Å². The van der Waals surface area contributed by atoms with Gasteiger partial charge in [0.2, 0.25) is 5.92 Å². The summed E-state index contributed by atoms with van der Waals surface area (Å²) in [5, 5.41) is 18.3. The molecule has 1 rings (SSSR count). The number of amides is 1. The number of rotatable bonds is 6. The van der Waals surface area contributed by atoms with Gasteiger partial charge >= 0.3 is 6.09 Å². The Bertz CT molecular complexity index is 406. The first-order chi connectivity index (χ1) is 8.83. The third-order valence-corrected chi connectivity index (χ3v) is 2.69. The second kappa shape index (κ2) is 6.47. The highest BCUT2D eigenvalue weighted by Crippen LogP contribution is 2.23. The van der Waals surface area contributed by atoms with Gasteiger partial charge in [-0.2, -0.15) is 0 Å². The molecule has 0 aliphatic heterocycles. The van der Waals surface area contributed by atoms with Gasteiger partial charge in [-0.15, -0.1) is 0 Å². The van der Waals surface area contributed by atoms with Gasteiger partial charge in [0.1, 0.15) is 0 Å². The lowest BCUT2D eigenvalue weighted by Crippen LogP contribution is -2.43. The Balaban J connectivity index is 2.83. The van der Waals surface area contributed by atoms with Gasteiger partial charge in [0.15, 0.2) is 0 Å². The number of alkyl halides is 2. The van der Waals surface area contributed by atoms with E-state index in [2.05, 4.69) is 0 Å². The van der Waals surface area contributed by atoms with Crippen LogP contribution in [0.25, 0.3) is 0 Å². The predicted molar refractivity (Wildman–Crippen MR) is 66.1 cm³/mol. The molecule has 4 nitrogen and oxygen atoms in total. The van der Waals surface area contributed by atoms with Gasteiger partial charge in [-0.1, -0.05) is 30.3 Å². The molecular formula is C13H17F2NO3. The molecule has 0 bridgehead atoms. The quantitative estimate of drug-likeness (QED) is 0.837. The van der Waals surface area contributed by atoms with Crippen LogP contribution in [-0.4, -0.2) is 39.8 Å². The number of aliphatic hydroxyl groups excluding tert-OH is 1.